The lowest BCUT2D eigenvalue weighted by atomic mass is 10.00. The van der Waals surface area contributed by atoms with Crippen LogP contribution in [0, 0.1) is 11.6 Å². The number of ketones is 1. The Morgan fingerprint density at radius 2 is 1.84 bits per heavy atom. The topological polar surface area (TPSA) is 116 Å². The SMILES string of the molecule is CC(C)(C)OC(=O)N1CCC(n2nc(-c3ccc(C(=O)c4cccc(F)c4)cc3F)c3c(N)ncnc32)C1. The summed E-state index contributed by atoms with van der Waals surface area (Å²) in [4.78, 5) is 35.3. The van der Waals surface area contributed by atoms with Crippen LogP contribution < -0.4 is 5.73 Å². The maximum atomic E-state index is 15.4. The summed E-state index contributed by atoms with van der Waals surface area (Å²) >= 11 is 0. The lowest BCUT2D eigenvalue weighted by Gasteiger charge is -2.24. The van der Waals surface area contributed by atoms with Crippen LogP contribution in [0.5, 0.6) is 0 Å². The number of aromatic nitrogens is 4. The van der Waals surface area contributed by atoms with Gasteiger partial charge in [0.05, 0.1) is 11.4 Å². The molecule has 4 aromatic rings. The van der Waals surface area contributed by atoms with E-state index in [1.54, 1.807) is 30.4 Å². The molecular weight excluding hydrogens is 494 g/mol. The Balaban J connectivity index is 1.50. The molecule has 196 valence electrons. The standard InChI is InChI=1S/C27H26F2N6O3/c1-27(2,3)38-26(37)34-10-9-18(13-34)35-25-21(24(30)31-14-32-25)22(33-35)19-8-7-16(12-20(19)29)23(36)15-5-4-6-17(28)11-15/h4-8,11-12,14,18H,9-10,13H2,1-3H3,(H2,30,31,32). The van der Waals surface area contributed by atoms with Gasteiger partial charge in [-0.15, -0.1) is 0 Å². The summed E-state index contributed by atoms with van der Waals surface area (Å²) in [6, 6.07) is 8.94. The highest BCUT2D eigenvalue weighted by molar-refractivity contribution is 6.09. The summed E-state index contributed by atoms with van der Waals surface area (Å²) in [5.41, 5.74) is 6.45. The van der Waals surface area contributed by atoms with E-state index in [-0.39, 0.29) is 34.2 Å². The summed E-state index contributed by atoms with van der Waals surface area (Å²) in [6.07, 6.45) is 1.47. The number of nitrogen functional groups attached to an aromatic ring is 1. The molecule has 0 bridgehead atoms. The summed E-state index contributed by atoms with van der Waals surface area (Å²) in [5, 5.41) is 5.02. The van der Waals surface area contributed by atoms with Crippen molar-refractivity contribution in [3.8, 4) is 11.3 Å². The molecule has 1 saturated heterocycles. The predicted molar refractivity (Wildman–Crippen MR) is 136 cm³/mol. The van der Waals surface area contributed by atoms with Gasteiger partial charge < -0.3 is 15.4 Å². The smallest absolute Gasteiger partial charge is 0.410 e. The second-order valence-electron chi connectivity index (χ2n) is 10.2. The van der Waals surface area contributed by atoms with Crippen LogP contribution >= 0.6 is 0 Å². The van der Waals surface area contributed by atoms with Gasteiger partial charge in [0.25, 0.3) is 0 Å². The van der Waals surface area contributed by atoms with Crippen molar-refractivity contribution in [3.63, 3.8) is 0 Å². The molecule has 1 aliphatic heterocycles. The molecule has 1 aliphatic rings. The molecule has 0 saturated carbocycles. The van der Waals surface area contributed by atoms with E-state index in [9.17, 15) is 14.0 Å². The van der Waals surface area contributed by atoms with Crippen molar-refractivity contribution in [3.05, 3.63) is 71.6 Å². The minimum absolute atomic E-state index is 0.0635. The van der Waals surface area contributed by atoms with Crippen LogP contribution in [-0.2, 0) is 4.74 Å². The number of hydrogen-bond donors (Lipinski definition) is 1. The number of nitrogens with zero attached hydrogens (tertiary/aromatic N) is 5. The maximum absolute atomic E-state index is 15.4. The molecule has 1 atom stereocenters. The summed E-state index contributed by atoms with van der Waals surface area (Å²) in [5.74, 6) is -1.65. The number of benzene rings is 2. The molecule has 0 spiro atoms. The number of halogens is 2. The molecule has 2 N–H and O–H groups in total. The van der Waals surface area contributed by atoms with Gasteiger partial charge in [-0.1, -0.05) is 18.2 Å². The normalized spacial score (nSPS) is 15.7. The Morgan fingerprint density at radius 3 is 2.55 bits per heavy atom. The Bertz CT molecular complexity index is 1560. The number of hydrogen-bond acceptors (Lipinski definition) is 7. The zero-order valence-electron chi connectivity index (χ0n) is 21.1. The van der Waals surface area contributed by atoms with Gasteiger partial charge in [-0.25, -0.2) is 28.2 Å². The van der Waals surface area contributed by atoms with Gasteiger partial charge in [-0.2, -0.15) is 5.10 Å². The first-order chi connectivity index (χ1) is 18.0. The average molecular weight is 521 g/mol. The molecule has 0 radical (unpaired) electrons. The number of fused-ring (bicyclic) bond motifs is 1. The predicted octanol–water partition coefficient (Wildman–Crippen LogP) is 4.77. The van der Waals surface area contributed by atoms with Crippen LogP contribution in [0.1, 0.15) is 49.2 Å². The highest BCUT2D eigenvalue weighted by Gasteiger charge is 2.33. The molecule has 2 aromatic carbocycles. The van der Waals surface area contributed by atoms with Crippen molar-refractivity contribution in [2.45, 2.75) is 38.8 Å². The van der Waals surface area contributed by atoms with E-state index in [0.717, 1.165) is 12.1 Å². The number of carbonyl (C=O) groups excluding carboxylic acids is 2. The van der Waals surface area contributed by atoms with E-state index >= 15 is 4.39 Å². The van der Waals surface area contributed by atoms with E-state index in [1.807, 2.05) is 0 Å². The molecule has 0 aliphatic carbocycles. The number of carbonyl (C=O) groups is 2. The molecule has 1 fully saturated rings. The first kappa shape index (κ1) is 25.2. The number of anilines is 1. The summed E-state index contributed by atoms with van der Waals surface area (Å²) in [7, 11) is 0. The third-order valence-electron chi connectivity index (χ3n) is 6.25. The number of nitrogens with two attached hydrogens (primary N) is 1. The van der Waals surface area contributed by atoms with E-state index in [0.29, 0.717) is 30.5 Å². The fourth-order valence-corrected chi connectivity index (χ4v) is 4.52. The lowest BCUT2D eigenvalue weighted by Crippen LogP contribution is -2.35. The van der Waals surface area contributed by atoms with Crippen LogP contribution in [0.4, 0.5) is 19.4 Å². The molecule has 5 rings (SSSR count). The molecule has 9 nitrogen and oxygen atoms in total. The van der Waals surface area contributed by atoms with Crippen LogP contribution in [0.2, 0.25) is 0 Å². The monoisotopic (exact) mass is 520 g/mol. The van der Waals surface area contributed by atoms with Crippen molar-refractivity contribution in [1.82, 2.24) is 24.6 Å². The Morgan fingerprint density at radius 1 is 1.08 bits per heavy atom. The third-order valence-corrected chi connectivity index (χ3v) is 6.25. The lowest BCUT2D eigenvalue weighted by molar-refractivity contribution is 0.0288. The number of likely N-dealkylation sites (tertiary alicyclic amines) is 1. The van der Waals surface area contributed by atoms with Gasteiger partial charge in [0.15, 0.2) is 11.4 Å². The Labute approximate surface area is 217 Å². The minimum Gasteiger partial charge on any atom is -0.444 e. The van der Waals surface area contributed by atoms with Gasteiger partial charge in [0.1, 0.15) is 35.1 Å². The van der Waals surface area contributed by atoms with Crippen molar-refractivity contribution in [1.29, 1.82) is 0 Å². The fraction of sp³-hybridized carbons (Fsp3) is 0.296. The number of rotatable bonds is 4. The number of amides is 1. The molecular formula is C27H26F2N6O3. The van der Waals surface area contributed by atoms with Crippen LogP contribution in [0.15, 0.2) is 48.8 Å². The third kappa shape index (κ3) is 4.79. The van der Waals surface area contributed by atoms with Crippen molar-refractivity contribution >= 4 is 28.7 Å². The van der Waals surface area contributed by atoms with Gasteiger partial charge >= 0.3 is 6.09 Å². The van der Waals surface area contributed by atoms with E-state index in [1.165, 1.54) is 36.7 Å². The summed E-state index contributed by atoms with van der Waals surface area (Å²) in [6.45, 7) is 6.20. The average Bonchev–Trinajstić information content (AvgIpc) is 3.48. The quantitative estimate of drug-likeness (QED) is 0.386. The first-order valence-electron chi connectivity index (χ1n) is 12.1. The Kier molecular flexibility index (Phi) is 6.29. The van der Waals surface area contributed by atoms with Crippen LogP contribution in [0.3, 0.4) is 0 Å². The highest BCUT2D eigenvalue weighted by atomic mass is 19.1. The molecule has 1 unspecified atom stereocenters. The molecule has 2 aromatic heterocycles. The van der Waals surface area contributed by atoms with Crippen molar-refractivity contribution in [2.24, 2.45) is 0 Å². The zero-order chi connectivity index (χ0) is 27.2. The van der Waals surface area contributed by atoms with Gasteiger partial charge in [-0.3, -0.25) is 4.79 Å². The highest BCUT2D eigenvalue weighted by Crippen LogP contribution is 2.35. The largest absolute Gasteiger partial charge is 0.444 e. The van der Waals surface area contributed by atoms with Gasteiger partial charge in [0.2, 0.25) is 0 Å². The first-order valence-corrected chi connectivity index (χ1v) is 12.1. The molecule has 38 heavy (non-hydrogen) atoms. The van der Waals surface area contributed by atoms with Gasteiger partial charge in [-0.05, 0) is 51.5 Å². The second-order valence-corrected chi connectivity index (χ2v) is 10.2. The number of ether oxygens (including phenoxy) is 1. The van der Waals surface area contributed by atoms with E-state index < -0.39 is 29.1 Å². The minimum atomic E-state index is -0.705. The second kappa shape index (κ2) is 9.47. The molecule has 1 amide bonds. The van der Waals surface area contributed by atoms with Crippen molar-refractivity contribution in [2.75, 3.05) is 18.8 Å². The van der Waals surface area contributed by atoms with Crippen LogP contribution in [-0.4, -0.2) is 55.2 Å². The van der Waals surface area contributed by atoms with Gasteiger partial charge in [0, 0.05) is 29.8 Å². The Hall–Kier alpha value is -4.41. The maximum Gasteiger partial charge on any atom is 0.410 e. The molecule has 3 heterocycles. The van der Waals surface area contributed by atoms with Crippen LogP contribution in [0.25, 0.3) is 22.3 Å². The van der Waals surface area contributed by atoms with Crippen molar-refractivity contribution < 1.29 is 23.1 Å². The van der Waals surface area contributed by atoms with E-state index in [4.69, 9.17) is 10.5 Å². The fourth-order valence-electron chi connectivity index (χ4n) is 4.52. The summed E-state index contributed by atoms with van der Waals surface area (Å²) < 4.78 is 36.1. The van der Waals surface area contributed by atoms with E-state index in [2.05, 4.69) is 15.1 Å². The zero-order valence-corrected chi connectivity index (χ0v) is 21.1. The molecule has 11 heteroatoms.